The number of nitrogens with zero attached hydrogens (tertiary/aromatic N) is 4. The molecule has 0 spiro atoms. The molecule has 0 radical (unpaired) electrons. The summed E-state index contributed by atoms with van der Waals surface area (Å²) < 4.78 is 6.92. The Labute approximate surface area is 180 Å². The molecule has 0 saturated heterocycles. The molecule has 160 valence electrons. The van der Waals surface area contributed by atoms with E-state index in [1.807, 2.05) is 26.0 Å². The van der Waals surface area contributed by atoms with Crippen molar-refractivity contribution in [2.45, 2.75) is 32.5 Å². The highest BCUT2D eigenvalue weighted by Gasteiger charge is 2.13. The average molecular weight is 429 g/mol. The van der Waals surface area contributed by atoms with E-state index in [1.165, 1.54) is 0 Å². The summed E-state index contributed by atoms with van der Waals surface area (Å²) in [7, 11) is 1.67. The molecule has 1 aromatic carbocycles. The molecule has 0 bridgehead atoms. The van der Waals surface area contributed by atoms with Crippen LogP contribution in [0.2, 0.25) is 0 Å². The van der Waals surface area contributed by atoms with Crippen LogP contribution < -0.4 is 10.6 Å². The zero-order chi connectivity index (χ0) is 21.5. The first-order valence-electron chi connectivity index (χ1n) is 9.97. The van der Waals surface area contributed by atoms with Crippen molar-refractivity contribution in [3.8, 4) is 0 Å². The van der Waals surface area contributed by atoms with Gasteiger partial charge in [-0.3, -0.25) is 4.79 Å². The van der Waals surface area contributed by atoms with Gasteiger partial charge < -0.3 is 15.4 Å². The molecular formula is C21H28N6O2S. The first-order chi connectivity index (χ1) is 14.5. The summed E-state index contributed by atoms with van der Waals surface area (Å²) in [5.74, 6) is 1.54. The predicted octanol–water partition coefficient (Wildman–Crippen LogP) is 3.04. The second kappa shape index (κ2) is 10.4. The number of fused-ring (bicyclic) bond motifs is 1. The van der Waals surface area contributed by atoms with Crippen LogP contribution in [0.25, 0.3) is 11.0 Å². The number of aromatic nitrogens is 4. The van der Waals surface area contributed by atoms with Gasteiger partial charge in [0.2, 0.25) is 0 Å². The van der Waals surface area contributed by atoms with E-state index in [0.29, 0.717) is 37.0 Å². The molecule has 0 aliphatic heterocycles. The third-order valence-corrected chi connectivity index (χ3v) is 5.17. The average Bonchev–Trinajstić information content (AvgIpc) is 3.11. The molecule has 3 aromatic rings. The van der Waals surface area contributed by atoms with Crippen molar-refractivity contribution < 1.29 is 9.53 Å². The van der Waals surface area contributed by atoms with Gasteiger partial charge in [0, 0.05) is 25.8 Å². The van der Waals surface area contributed by atoms with Gasteiger partial charge in [0.1, 0.15) is 5.82 Å². The summed E-state index contributed by atoms with van der Waals surface area (Å²) in [5.41, 5.74) is 3.57. The first kappa shape index (κ1) is 22.0. The number of rotatable bonds is 10. The van der Waals surface area contributed by atoms with E-state index in [2.05, 4.69) is 38.7 Å². The zero-order valence-corrected chi connectivity index (χ0v) is 18.7. The lowest BCUT2D eigenvalue weighted by molar-refractivity contribution is 0.0952. The number of anilines is 1. The lowest BCUT2D eigenvalue weighted by atomic mass is 10.1. The van der Waals surface area contributed by atoms with Crippen molar-refractivity contribution in [2.24, 2.45) is 0 Å². The molecule has 0 fully saturated rings. The number of carbonyl (C=O) groups excluding carboxylic acids is 1. The third-order valence-electron chi connectivity index (χ3n) is 4.44. The maximum absolute atomic E-state index is 12.5. The minimum atomic E-state index is -0.0861. The van der Waals surface area contributed by atoms with Crippen molar-refractivity contribution in [2.75, 3.05) is 37.9 Å². The van der Waals surface area contributed by atoms with E-state index >= 15 is 0 Å². The highest BCUT2D eigenvalue weighted by molar-refractivity contribution is 7.99. The molecule has 0 aliphatic rings. The molecule has 2 heterocycles. The molecule has 30 heavy (non-hydrogen) atoms. The van der Waals surface area contributed by atoms with Crippen LogP contribution in [-0.2, 0) is 11.3 Å². The molecule has 8 nitrogen and oxygen atoms in total. The van der Waals surface area contributed by atoms with Gasteiger partial charge in [-0.2, -0.15) is 5.10 Å². The fourth-order valence-corrected chi connectivity index (χ4v) is 3.75. The minimum Gasteiger partial charge on any atom is -0.383 e. The number of thioether (sulfide) groups is 1. The molecule has 3 rings (SSSR count). The lowest BCUT2D eigenvalue weighted by Crippen LogP contribution is -2.27. The van der Waals surface area contributed by atoms with E-state index < -0.39 is 0 Å². The molecule has 2 N–H and O–H groups in total. The molecule has 2 aromatic heterocycles. The Morgan fingerprint density at radius 3 is 2.63 bits per heavy atom. The molecule has 9 heteroatoms. The fraction of sp³-hybridized carbons (Fsp3) is 0.429. The molecule has 1 amide bonds. The lowest BCUT2D eigenvalue weighted by Gasteiger charge is -2.10. The Balaban J connectivity index is 1.73. The fourth-order valence-electron chi connectivity index (χ4n) is 3.18. The summed E-state index contributed by atoms with van der Waals surface area (Å²) in [6.45, 7) is 8.25. The van der Waals surface area contributed by atoms with Crippen LogP contribution >= 0.6 is 11.8 Å². The van der Waals surface area contributed by atoms with Gasteiger partial charge in [-0.05, 0) is 31.7 Å². The zero-order valence-electron chi connectivity index (χ0n) is 17.9. The van der Waals surface area contributed by atoms with Crippen molar-refractivity contribution in [3.05, 3.63) is 41.1 Å². The van der Waals surface area contributed by atoms with Crippen LogP contribution in [0.5, 0.6) is 0 Å². The van der Waals surface area contributed by atoms with E-state index in [9.17, 15) is 4.79 Å². The van der Waals surface area contributed by atoms with Gasteiger partial charge in [-0.25, -0.2) is 14.6 Å². The number of hydrogen-bond donors (Lipinski definition) is 2. The van der Waals surface area contributed by atoms with Gasteiger partial charge in [0.15, 0.2) is 10.8 Å². The standard InChI is InChI=1S/C21H28N6O2S/c1-5-30-21-25-18(22-7-9-29-4)17-13-24-27(19(17)26-21)8-6-23-20(28)16-11-14(2)10-15(3)12-16/h10-13H,5-9H2,1-4H3,(H,23,28)(H,22,25,26). The van der Waals surface area contributed by atoms with Crippen LogP contribution in [0.1, 0.15) is 28.4 Å². The van der Waals surface area contributed by atoms with Gasteiger partial charge in [0.05, 0.1) is 24.7 Å². The summed E-state index contributed by atoms with van der Waals surface area (Å²) in [6, 6.07) is 5.84. The van der Waals surface area contributed by atoms with Crippen molar-refractivity contribution in [1.82, 2.24) is 25.1 Å². The van der Waals surface area contributed by atoms with E-state index in [4.69, 9.17) is 4.74 Å². The Bertz CT molecular complexity index is 1000. The number of benzene rings is 1. The number of ether oxygens (including phenoxy) is 1. The second-order valence-electron chi connectivity index (χ2n) is 6.94. The molecule has 0 saturated carbocycles. The number of aryl methyl sites for hydroxylation is 2. The first-order valence-corrected chi connectivity index (χ1v) is 11.0. The van der Waals surface area contributed by atoms with Gasteiger partial charge in [-0.15, -0.1) is 0 Å². The largest absolute Gasteiger partial charge is 0.383 e. The monoisotopic (exact) mass is 428 g/mol. The Hall–Kier alpha value is -2.65. The normalized spacial score (nSPS) is 11.1. The summed E-state index contributed by atoms with van der Waals surface area (Å²) in [4.78, 5) is 21.8. The van der Waals surface area contributed by atoms with Gasteiger partial charge in [0.25, 0.3) is 5.91 Å². The van der Waals surface area contributed by atoms with Gasteiger partial charge >= 0.3 is 0 Å². The quantitative estimate of drug-likeness (QED) is 0.291. The third kappa shape index (κ3) is 5.48. The molecule has 0 unspecified atom stereocenters. The minimum absolute atomic E-state index is 0.0861. The number of carbonyl (C=O) groups is 1. The van der Waals surface area contributed by atoms with Crippen molar-refractivity contribution in [1.29, 1.82) is 0 Å². The molecular weight excluding hydrogens is 400 g/mol. The topological polar surface area (TPSA) is 94.0 Å². The second-order valence-corrected chi connectivity index (χ2v) is 8.18. The van der Waals surface area contributed by atoms with Crippen LogP contribution in [0, 0.1) is 13.8 Å². The number of methoxy groups -OCH3 is 1. The number of nitrogens with one attached hydrogen (secondary N) is 2. The van der Waals surface area contributed by atoms with Crippen LogP contribution in [-0.4, -0.2) is 58.2 Å². The maximum atomic E-state index is 12.5. The highest BCUT2D eigenvalue weighted by atomic mass is 32.2. The highest BCUT2D eigenvalue weighted by Crippen LogP contribution is 2.24. The van der Waals surface area contributed by atoms with E-state index in [-0.39, 0.29) is 5.91 Å². The SMILES string of the molecule is CCSc1nc(NCCOC)c2cnn(CCNC(=O)c3cc(C)cc(C)c3)c2n1. The van der Waals surface area contributed by atoms with Crippen LogP contribution in [0.3, 0.4) is 0 Å². The van der Waals surface area contributed by atoms with Gasteiger partial charge in [-0.1, -0.05) is 35.9 Å². The van der Waals surface area contributed by atoms with Crippen LogP contribution in [0.4, 0.5) is 5.82 Å². The van der Waals surface area contributed by atoms with Crippen LogP contribution in [0.15, 0.2) is 29.6 Å². The van der Waals surface area contributed by atoms with Crippen molar-refractivity contribution in [3.63, 3.8) is 0 Å². The summed E-state index contributed by atoms with van der Waals surface area (Å²) >= 11 is 1.58. The summed E-state index contributed by atoms with van der Waals surface area (Å²) in [6.07, 6.45) is 1.76. The Morgan fingerprint density at radius 1 is 1.17 bits per heavy atom. The van der Waals surface area contributed by atoms with Crippen molar-refractivity contribution >= 4 is 34.5 Å². The predicted molar refractivity (Wildman–Crippen MR) is 120 cm³/mol. The Morgan fingerprint density at radius 2 is 1.93 bits per heavy atom. The summed E-state index contributed by atoms with van der Waals surface area (Å²) in [5, 5.41) is 12.3. The van der Waals surface area contributed by atoms with E-state index in [0.717, 1.165) is 33.7 Å². The smallest absolute Gasteiger partial charge is 0.251 e. The maximum Gasteiger partial charge on any atom is 0.251 e. The van der Waals surface area contributed by atoms with E-state index in [1.54, 1.807) is 29.8 Å². The molecule has 0 aliphatic carbocycles. The number of hydrogen-bond acceptors (Lipinski definition) is 7. The number of amides is 1. The Kier molecular flexibility index (Phi) is 7.64. The molecule has 0 atom stereocenters.